The Labute approximate surface area is 74.5 Å². The van der Waals surface area contributed by atoms with Crippen molar-refractivity contribution in [1.29, 1.82) is 0 Å². The van der Waals surface area contributed by atoms with E-state index in [0.717, 1.165) is 13.2 Å². The van der Waals surface area contributed by atoms with Crippen molar-refractivity contribution in [2.75, 3.05) is 13.2 Å². The fourth-order valence-electron chi connectivity index (χ4n) is 1.71. The Morgan fingerprint density at radius 2 is 2.08 bits per heavy atom. The molecule has 2 heteroatoms. The smallest absolute Gasteiger partial charge is 0.0575 e. The summed E-state index contributed by atoms with van der Waals surface area (Å²) in [5, 5.41) is 0. The van der Waals surface area contributed by atoms with Crippen molar-refractivity contribution in [2.45, 2.75) is 44.6 Å². The summed E-state index contributed by atoms with van der Waals surface area (Å²) in [4.78, 5) is 0. The van der Waals surface area contributed by atoms with Crippen molar-refractivity contribution in [3.05, 3.63) is 0 Å². The van der Waals surface area contributed by atoms with E-state index in [0.29, 0.717) is 11.5 Å². The number of ether oxygens (including phenoxy) is 1. The third-order valence-electron chi connectivity index (χ3n) is 3.43. The van der Waals surface area contributed by atoms with Gasteiger partial charge in [0.2, 0.25) is 0 Å². The van der Waals surface area contributed by atoms with E-state index in [4.69, 9.17) is 10.5 Å². The van der Waals surface area contributed by atoms with Gasteiger partial charge in [-0.2, -0.15) is 0 Å². The number of hydrogen-bond acceptors (Lipinski definition) is 2. The highest BCUT2D eigenvalue weighted by Crippen LogP contribution is 2.47. The lowest BCUT2D eigenvalue weighted by Crippen LogP contribution is -2.24. The number of rotatable bonds is 5. The van der Waals surface area contributed by atoms with E-state index in [1.165, 1.54) is 38.5 Å². The molecular formula is C10H19NO. The second-order valence-electron chi connectivity index (χ2n) is 4.38. The van der Waals surface area contributed by atoms with E-state index in [2.05, 4.69) is 0 Å². The summed E-state index contributed by atoms with van der Waals surface area (Å²) >= 11 is 0. The van der Waals surface area contributed by atoms with E-state index in [1.54, 1.807) is 0 Å². The van der Waals surface area contributed by atoms with Crippen LogP contribution in [0.15, 0.2) is 0 Å². The third-order valence-corrected chi connectivity index (χ3v) is 3.43. The predicted octanol–water partition coefficient (Wildman–Crippen LogP) is 1.68. The van der Waals surface area contributed by atoms with Crippen LogP contribution in [0, 0.1) is 5.41 Å². The van der Waals surface area contributed by atoms with Crippen LogP contribution in [0.5, 0.6) is 0 Å². The molecule has 2 saturated carbocycles. The molecule has 0 saturated heterocycles. The number of nitrogens with two attached hydrogens (primary N) is 1. The second kappa shape index (κ2) is 3.35. The molecule has 0 radical (unpaired) electrons. The molecule has 2 aliphatic carbocycles. The Morgan fingerprint density at radius 3 is 2.50 bits per heavy atom. The van der Waals surface area contributed by atoms with Gasteiger partial charge in [-0.15, -0.1) is 0 Å². The SMILES string of the molecule is NCC1(CCOC2CCC2)CC1. The molecule has 2 aliphatic rings. The van der Waals surface area contributed by atoms with E-state index < -0.39 is 0 Å². The Kier molecular flexibility index (Phi) is 2.37. The van der Waals surface area contributed by atoms with Gasteiger partial charge in [-0.1, -0.05) is 0 Å². The fourth-order valence-corrected chi connectivity index (χ4v) is 1.71. The van der Waals surface area contributed by atoms with Gasteiger partial charge in [0.05, 0.1) is 6.10 Å². The molecule has 70 valence electrons. The predicted molar refractivity (Wildman–Crippen MR) is 48.9 cm³/mol. The zero-order valence-corrected chi connectivity index (χ0v) is 7.72. The lowest BCUT2D eigenvalue weighted by atomic mass is 9.96. The summed E-state index contributed by atoms with van der Waals surface area (Å²) in [7, 11) is 0. The van der Waals surface area contributed by atoms with Crippen molar-refractivity contribution in [2.24, 2.45) is 11.1 Å². The van der Waals surface area contributed by atoms with Gasteiger partial charge in [-0.25, -0.2) is 0 Å². The van der Waals surface area contributed by atoms with Gasteiger partial charge in [0.15, 0.2) is 0 Å². The summed E-state index contributed by atoms with van der Waals surface area (Å²) in [6, 6.07) is 0. The minimum Gasteiger partial charge on any atom is -0.378 e. The maximum Gasteiger partial charge on any atom is 0.0575 e. The van der Waals surface area contributed by atoms with Gasteiger partial charge < -0.3 is 10.5 Å². The molecule has 0 aromatic carbocycles. The zero-order chi connectivity index (χ0) is 8.44. The quantitative estimate of drug-likeness (QED) is 0.679. The monoisotopic (exact) mass is 169 g/mol. The molecule has 12 heavy (non-hydrogen) atoms. The van der Waals surface area contributed by atoms with Gasteiger partial charge in [-0.05, 0) is 50.5 Å². The first-order valence-electron chi connectivity index (χ1n) is 5.16. The van der Waals surface area contributed by atoms with Crippen molar-refractivity contribution in [1.82, 2.24) is 0 Å². The van der Waals surface area contributed by atoms with Crippen LogP contribution in [0.25, 0.3) is 0 Å². The molecule has 0 aromatic heterocycles. The number of hydrogen-bond donors (Lipinski definition) is 1. The molecule has 0 amide bonds. The molecule has 2 rings (SSSR count). The van der Waals surface area contributed by atoms with Crippen LogP contribution in [0.1, 0.15) is 38.5 Å². The summed E-state index contributed by atoms with van der Waals surface area (Å²) in [5.74, 6) is 0. The van der Waals surface area contributed by atoms with Gasteiger partial charge in [0.1, 0.15) is 0 Å². The Bertz CT molecular complexity index is 150. The highest BCUT2D eigenvalue weighted by Gasteiger charge is 2.40. The van der Waals surface area contributed by atoms with Crippen molar-refractivity contribution in [3.63, 3.8) is 0 Å². The largest absolute Gasteiger partial charge is 0.378 e. The maximum absolute atomic E-state index is 5.70. The normalized spacial score (nSPS) is 26.8. The van der Waals surface area contributed by atoms with E-state index in [9.17, 15) is 0 Å². The van der Waals surface area contributed by atoms with Crippen LogP contribution in [0.4, 0.5) is 0 Å². The van der Waals surface area contributed by atoms with Crippen LogP contribution in [-0.4, -0.2) is 19.3 Å². The molecule has 2 nitrogen and oxygen atoms in total. The van der Waals surface area contributed by atoms with E-state index >= 15 is 0 Å². The minimum atomic E-state index is 0.504. The molecule has 0 aromatic rings. The molecule has 2 fully saturated rings. The molecular weight excluding hydrogens is 150 g/mol. The standard InChI is InChI=1S/C10H19NO/c11-8-10(4-5-10)6-7-12-9-2-1-3-9/h9H,1-8,11H2. The van der Waals surface area contributed by atoms with Gasteiger partial charge in [-0.3, -0.25) is 0 Å². The van der Waals surface area contributed by atoms with Crippen LogP contribution in [-0.2, 0) is 4.74 Å². The Balaban J connectivity index is 1.56. The summed E-state index contributed by atoms with van der Waals surface area (Å²) < 4.78 is 5.70. The van der Waals surface area contributed by atoms with E-state index in [1.807, 2.05) is 0 Å². The third kappa shape index (κ3) is 1.80. The fraction of sp³-hybridized carbons (Fsp3) is 1.00. The maximum atomic E-state index is 5.70. The summed E-state index contributed by atoms with van der Waals surface area (Å²) in [5.41, 5.74) is 6.18. The van der Waals surface area contributed by atoms with Gasteiger partial charge in [0, 0.05) is 6.61 Å². The highest BCUT2D eigenvalue weighted by atomic mass is 16.5. The molecule has 0 unspecified atom stereocenters. The van der Waals surface area contributed by atoms with Crippen LogP contribution in [0.2, 0.25) is 0 Å². The lowest BCUT2D eigenvalue weighted by molar-refractivity contribution is -0.00469. The van der Waals surface area contributed by atoms with Crippen molar-refractivity contribution >= 4 is 0 Å². The summed E-state index contributed by atoms with van der Waals surface area (Å²) in [6.45, 7) is 1.81. The van der Waals surface area contributed by atoms with Gasteiger partial charge in [0.25, 0.3) is 0 Å². The molecule has 0 atom stereocenters. The van der Waals surface area contributed by atoms with E-state index in [-0.39, 0.29) is 0 Å². The van der Waals surface area contributed by atoms with Gasteiger partial charge >= 0.3 is 0 Å². The molecule has 0 aliphatic heterocycles. The van der Waals surface area contributed by atoms with Crippen molar-refractivity contribution < 1.29 is 4.74 Å². The zero-order valence-electron chi connectivity index (χ0n) is 7.72. The molecule has 2 N–H and O–H groups in total. The van der Waals surface area contributed by atoms with Crippen LogP contribution in [0.3, 0.4) is 0 Å². The Morgan fingerprint density at radius 1 is 1.33 bits per heavy atom. The average Bonchev–Trinajstić information content (AvgIpc) is 2.76. The lowest BCUT2D eigenvalue weighted by Gasteiger charge is -2.26. The Hall–Kier alpha value is -0.0800. The molecule has 0 bridgehead atoms. The molecule has 0 heterocycles. The first-order chi connectivity index (χ1) is 5.85. The average molecular weight is 169 g/mol. The van der Waals surface area contributed by atoms with Crippen LogP contribution >= 0.6 is 0 Å². The highest BCUT2D eigenvalue weighted by molar-refractivity contribution is 4.93. The molecule has 0 spiro atoms. The first-order valence-corrected chi connectivity index (χ1v) is 5.16. The second-order valence-corrected chi connectivity index (χ2v) is 4.38. The first kappa shape index (κ1) is 8.52. The topological polar surface area (TPSA) is 35.2 Å². The minimum absolute atomic E-state index is 0.504. The summed E-state index contributed by atoms with van der Waals surface area (Å²) in [6.07, 6.45) is 8.39. The van der Waals surface area contributed by atoms with Crippen molar-refractivity contribution in [3.8, 4) is 0 Å². The van der Waals surface area contributed by atoms with Crippen LogP contribution < -0.4 is 5.73 Å².